The lowest BCUT2D eigenvalue weighted by Crippen LogP contribution is -2.27. The molecule has 2 heterocycles. The predicted octanol–water partition coefficient (Wildman–Crippen LogP) is 3.39. The minimum absolute atomic E-state index is 0.148. The fourth-order valence-corrected chi connectivity index (χ4v) is 3.22. The molecule has 1 aliphatic rings. The molecule has 2 aromatic rings. The lowest BCUT2D eigenvalue weighted by Gasteiger charge is -2.11. The Morgan fingerprint density at radius 1 is 1.33 bits per heavy atom. The molecule has 0 aliphatic carbocycles. The molecule has 3 rings (SSSR count). The van der Waals surface area contributed by atoms with Crippen LogP contribution in [0.4, 0.5) is 0 Å². The molecule has 0 radical (unpaired) electrons. The third kappa shape index (κ3) is 3.01. The summed E-state index contributed by atoms with van der Waals surface area (Å²) < 4.78 is 5.75. The lowest BCUT2D eigenvalue weighted by molar-refractivity contribution is -0.122. The third-order valence-corrected chi connectivity index (χ3v) is 4.31. The number of aromatic hydroxyl groups is 1. The van der Waals surface area contributed by atoms with Gasteiger partial charge < -0.3 is 9.52 Å². The van der Waals surface area contributed by atoms with Gasteiger partial charge in [-0.3, -0.25) is 9.69 Å². The number of phenolic OH excluding ortho intramolecular Hbond substituents is 1. The number of hydrogen-bond acceptors (Lipinski definition) is 5. The van der Waals surface area contributed by atoms with Crippen molar-refractivity contribution in [2.24, 2.45) is 0 Å². The first-order valence-electron chi connectivity index (χ1n) is 6.20. The summed E-state index contributed by atoms with van der Waals surface area (Å²) in [5.41, 5.74) is 0.758. The second kappa shape index (κ2) is 5.75. The molecule has 1 aromatic heterocycles. The minimum Gasteiger partial charge on any atom is -0.508 e. The summed E-state index contributed by atoms with van der Waals surface area (Å²) >= 11 is 6.50. The number of hydrogen-bond donors (Lipinski definition) is 1. The van der Waals surface area contributed by atoms with Crippen LogP contribution in [0.2, 0.25) is 0 Å². The number of furan rings is 1. The zero-order valence-electron chi connectivity index (χ0n) is 10.9. The molecular weight excluding hydrogens is 306 g/mol. The number of benzene rings is 1. The Balaban J connectivity index is 1.83. The van der Waals surface area contributed by atoms with E-state index in [0.717, 1.165) is 5.56 Å². The zero-order valence-corrected chi connectivity index (χ0v) is 12.5. The first kappa shape index (κ1) is 13.9. The number of carbonyl (C=O) groups is 1. The van der Waals surface area contributed by atoms with E-state index in [-0.39, 0.29) is 11.7 Å². The number of nitrogens with zero attached hydrogens (tertiary/aromatic N) is 1. The summed E-state index contributed by atoms with van der Waals surface area (Å²) in [7, 11) is 0. The molecule has 0 atom stereocenters. The second-order valence-corrected chi connectivity index (χ2v) is 6.12. The fourth-order valence-electron chi connectivity index (χ4n) is 1.96. The molecule has 1 N–H and O–H groups in total. The topological polar surface area (TPSA) is 53.7 Å². The number of carbonyl (C=O) groups excluding carboxylic acids is 1. The van der Waals surface area contributed by atoms with E-state index in [1.165, 1.54) is 16.7 Å². The molecule has 1 aromatic carbocycles. The Bertz CT molecular complexity index is 722. The van der Waals surface area contributed by atoms with Crippen LogP contribution >= 0.6 is 24.0 Å². The van der Waals surface area contributed by atoms with Crippen LogP contribution in [0.25, 0.3) is 6.08 Å². The van der Waals surface area contributed by atoms with Gasteiger partial charge in [0.25, 0.3) is 5.91 Å². The summed E-state index contributed by atoms with van der Waals surface area (Å²) in [6, 6.07) is 10.3. The highest BCUT2D eigenvalue weighted by atomic mass is 32.2. The molecular formula is C15H11NO3S2. The number of thiocarbonyl (C=S) groups is 1. The van der Waals surface area contributed by atoms with Crippen molar-refractivity contribution in [2.45, 2.75) is 6.54 Å². The van der Waals surface area contributed by atoms with Crippen LogP contribution in [0.3, 0.4) is 0 Å². The standard InChI is InChI=1S/C15H11NO3S2/c17-11-4-1-3-10(7-11)8-13-14(18)16(15(20)21-13)9-12-5-2-6-19-12/h1-8,17H,9H2. The Labute approximate surface area is 131 Å². The zero-order chi connectivity index (χ0) is 14.8. The van der Waals surface area contributed by atoms with Crippen molar-refractivity contribution in [2.75, 3.05) is 0 Å². The summed E-state index contributed by atoms with van der Waals surface area (Å²) in [6.07, 6.45) is 3.29. The van der Waals surface area contributed by atoms with Crippen molar-refractivity contribution < 1.29 is 14.3 Å². The molecule has 106 valence electrons. The monoisotopic (exact) mass is 317 g/mol. The van der Waals surface area contributed by atoms with Gasteiger partial charge in [-0.15, -0.1) is 0 Å². The molecule has 1 saturated heterocycles. The summed E-state index contributed by atoms with van der Waals surface area (Å²) in [6.45, 7) is 0.328. The molecule has 0 unspecified atom stereocenters. The van der Waals surface area contributed by atoms with Gasteiger partial charge in [0, 0.05) is 0 Å². The lowest BCUT2D eigenvalue weighted by atomic mass is 10.2. The van der Waals surface area contributed by atoms with Crippen LogP contribution in [0.15, 0.2) is 52.0 Å². The van der Waals surface area contributed by atoms with Crippen molar-refractivity contribution in [3.05, 3.63) is 58.9 Å². The van der Waals surface area contributed by atoms with Crippen molar-refractivity contribution in [1.82, 2.24) is 4.90 Å². The molecule has 0 saturated carbocycles. The Kier molecular flexibility index (Phi) is 3.81. The third-order valence-electron chi connectivity index (χ3n) is 2.94. The highest BCUT2D eigenvalue weighted by molar-refractivity contribution is 8.26. The molecule has 21 heavy (non-hydrogen) atoms. The van der Waals surface area contributed by atoms with Gasteiger partial charge in [-0.1, -0.05) is 36.1 Å². The van der Waals surface area contributed by atoms with Crippen molar-refractivity contribution in [3.8, 4) is 5.75 Å². The average Bonchev–Trinajstić information content (AvgIpc) is 3.04. The first-order chi connectivity index (χ1) is 10.1. The average molecular weight is 317 g/mol. The molecule has 1 amide bonds. The van der Waals surface area contributed by atoms with Gasteiger partial charge in [-0.2, -0.15) is 0 Å². The van der Waals surface area contributed by atoms with Crippen molar-refractivity contribution >= 4 is 40.3 Å². The molecule has 0 spiro atoms. The maximum Gasteiger partial charge on any atom is 0.266 e. The second-order valence-electron chi connectivity index (χ2n) is 4.44. The van der Waals surface area contributed by atoms with Gasteiger partial charge in [0.05, 0.1) is 17.7 Å². The van der Waals surface area contributed by atoms with Gasteiger partial charge in [-0.05, 0) is 35.9 Å². The highest BCUT2D eigenvalue weighted by Gasteiger charge is 2.32. The predicted molar refractivity (Wildman–Crippen MR) is 85.5 cm³/mol. The van der Waals surface area contributed by atoms with Crippen LogP contribution in [-0.2, 0) is 11.3 Å². The molecule has 6 heteroatoms. The molecule has 1 aliphatic heterocycles. The van der Waals surface area contributed by atoms with Crippen LogP contribution in [0.5, 0.6) is 5.75 Å². The normalized spacial score (nSPS) is 17.0. The smallest absolute Gasteiger partial charge is 0.266 e. The van der Waals surface area contributed by atoms with E-state index >= 15 is 0 Å². The quantitative estimate of drug-likeness (QED) is 0.695. The number of amides is 1. The van der Waals surface area contributed by atoms with Gasteiger partial charge in [-0.25, -0.2) is 0 Å². The van der Waals surface area contributed by atoms with E-state index in [1.807, 2.05) is 6.07 Å². The SMILES string of the molecule is O=C1C(=Cc2cccc(O)c2)SC(=S)N1Cc1ccco1. The molecule has 4 nitrogen and oxygen atoms in total. The van der Waals surface area contributed by atoms with E-state index in [4.69, 9.17) is 16.6 Å². The maximum atomic E-state index is 12.4. The Hall–Kier alpha value is -2.05. The van der Waals surface area contributed by atoms with Crippen LogP contribution in [0, 0.1) is 0 Å². The fraction of sp³-hybridized carbons (Fsp3) is 0.0667. The number of rotatable bonds is 3. The van der Waals surface area contributed by atoms with E-state index in [0.29, 0.717) is 21.5 Å². The summed E-state index contributed by atoms with van der Waals surface area (Å²) in [4.78, 5) is 14.4. The largest absolute Gasteiger partial charge is 0.508 e. The van der Waals surface area contributed by atoms with Crippen LogP contribution in [0.1, 0.15) is 11.3 Å². The Morgan fingerprint density at radius 3 is 2.90 bits per heavy atom. The van der Waals surface area contributed by atoms with Gasteiger partial charge in [0.1, 0.15) is 15.8 Å². The first-order valence-corrected chi connectivity index (χ1v) is 7.43. The van der Waals surface area contributed by atoms with E-state index in [1.54, 1.807) is 42.7 Å². The maximum absolute atomic E-state index is 12.4. The van der Waals surface area contributed by atoms with Crippen LogP contribution in [-0.4, -0.2) is 20.2 Å². The van der Waals surface area contributed by atoms with Gasteiger partial charge in [0.15, 0.2) is 0 Å². The minimum atomic E-state index is -0.148. The number of phenols is 1. The van der Waals surface area contributed by atoms with Gasteiger partial charge in [0.2, 0.25) is 0 Å². The van der Waals surface area contributed by atoms with E-state index < -0.39 is 0 Å². The summed E-state index contributed by atoms with van der Waals surface area (Å²) in [5.74, 6) is 0.699. The summed E-state index contributed by atoms with van der Waals surface area (Å²) in [5, 5.41) is 9.46. The molecule has 1 fully saturated rings. The Morgan fingerprint density at radius 2 is 2.19 bits per heavy atom. The highest BCUT2D eigenvalue weighted by Crippen LogP contribution is 2.33. The number of thioether (sulfide) groups is 1. The van der Waals surface area contributed by atoms with E-state index in [9.17, 15) is 9.90 Å². The molecule has 0 bridgehead atoms. The van der Waals surface area contributed by atoms with Crippen molar-refractivity contribution in [1.29, 1.82) is 0 Å². The van der Waals surface area contributed by atoms with Gasteiger partial charge >= 0.3 is 0 Å². The van der Waals surface area contributed by atoms with Crippen molar-refractivity contribution in [3.63, 3.8) is 0 Å². The van der Waals surface area contributed by atoms with E-state index in [2.05, 4.69) is 0 Å². The van der Waals surface area contributed by atoms with Crippen LogP contribution < -0.4 is 0 Å².